The van der Waals surface area contributed by atoms with E-state index in [4.69, 9.17) is 10.9 Å². The number of nitrogens with one attached hydrogen (secondary N) is 1. The topological polar surface area (TPSA) is 158 Å². The molecule has 1 fully saturated rings. The van der Waals surface area contributed by atoms with Crippen LogP contribution in [0.2, 0.25) is 0 Å². The third kappa shape index (κ3) is 3.75. The van der Waals surface area contributed by atoms with Crippen LogP contribution in [0.1, 0.15) is 7.12 Å². The fraction of sp³-hybridized carbons (Fsp3) is 0.214. The summed E-state index contributed by atoms with van der Waals surface area (Å²) < 4.78 is 0. The number of nitrogens with two attached hydrogens (primary N) is 1. The Morgan fingerprint density at radius 3 is 2.78 bits per heavy atom. The first kappa shape index (κ1) is 21.4. The molecular weight excluding hydrogens is 405 g/mol. The average molecular weight is 419 g/mol. The number of carboxylic acids is 1. The van der Waals surface area contributed by atoms with Crippen LogP contribution in [-0.2, 0) is 14.4 Å². The fourth-order valence-electron chi connectivity index (χ4n) is 2.62. The molecule has 1 aromatic heterocycles. The van der Waals surface area contributed by atoms with Gasteiger partial charge in [-0.05, 0) is 5.57 Å². The van der Waals surface area contributed by atoms with Crippen molar-refractivity contribution in [3.63, 3.8) is 0 Å². The van der Waals surface area contributed by atoms with Crippen molar-refractivity contribution in [3.8, 4) is 0 Å². The summed E-state index contributed by atoms with van der Waals surface area (Å²) in [5.74, 6) is -2.27. The summed E-state index contributed by atoms with van der Waals surface area (Å²) >= 11 is 2.37. The van der Waals surface area contributed by atoms with Crippen LogP contribution < -0.4 is 40.6 Å². The van der Waals surface area contributed by atoms with E-state index >= 15 is 0 Å². The average Bonchev–Trinajstić information content (AvgIpc) is 3.04. The summed E-state index contributed by atoms with van der Waals surface area (Å²) in [5, 5.41) is 24.9. The number of β-lactam (4-membered cyclic amide) rings is 1. The first-order chi connectivity index (χ1) is 12.4. The molecule has 1 saturated heterocycles. The van der Waals surface area contributed by atoms with E-state index < -0.39 is 29.2 Å². The number of fused-ring (bicyclic) bond motifs is 1. The normalized spacial score (nSPS) is 21.7. The molecule has 0 radical (unpaired) electrons. The molecule has 27 heavy (non-hydrogen) atoms. The summed E-state index contributed by atoms with van der Waals surface area (Å²) in [6.07, 6.45) is 1.40. The third-order valence-corrected chi connectivity index (χ3v) is 5.79. The Kier molecular flexibility index (Phi) is 6.70. The maximum Gasteiger partial charge on any atom is 1.00 e. The molecule has 138 valence electrons. The molecule has 2 atom stereocenters. The van der Waals surface area contributed by atoms with Gasteiger partial charge in [-0.25, -0.2) is 9.78 Å². The van der Waals surface area contributed by atoms with Gasteiger partial charge in [-0.15, -0.1) is 23.1 Å². The molecule has 0 aliphatic carbocycles. The van der Waals surface area contributed by atoms with Crippen LogP contribution in [0.3, 0.4) is 0 Å². The summed E-state index contributed by atoms with van der Waals surface area (Å²) in [4.78, 5) is 41.2. The van der Waals surface area contributed by atoms with Gasteiger partial charge in [0.2, 0.25) is 0 Å². The maximum absolute atomic E-state index is 12.4. The number of hydrogen-bond acceptors (Lipinski definition) is 9. The van der Waals surface area contributed by atoms with E-state index in [1.54, 1.807) is 0 Å². The predicted molar refractivity (Wildman–Crippen MR) is 95.8 cm³/mol. The zero-order chi connectivity index (χ0) is 19.0. The zero-order valence-corrected chi connectivity index (χ0v) is 17.7. The van der Waals surface area contributed by atoms with Crippen LogP contribution in [0.25, 0.3) is 0 Å². The van der Waals surface area contributed by atoms with Gasteiger partial charge in [0.15, 0.2) is 10.8 Å². The minimum atomic E-state index is -1.24. The number of oxime groups is 1. The molecule has 2 aliphatic rings. The molecule has 5 N–H and O–H groups in total. The summed E-state index contributed by atoms with van der Waals surface area (Å²) in [6.45, 7) is 3.56. The largest absolute Gasteiger partial charge is 1.00 e. The fourth-order valence-corrected chi connectivity index (χ4v) is 4.51. The number of nitrogen functional groups attached to an aromatic ring is 1. The van der Waals surface area contributed by atoms with Gasteiger partial charge in [-0.2, -0.15) is 0 Å². The molecule has 2 aliphatic heterocycles. The van der Waals surface area contributed by atoms with Gasteiger partial charge < -0.3 is 22.8 Å². The second-order valence-corrected chi connectivity index (χ2v) is 7.26. The van der Waals surface area contributed by atoms with E-state index in [2.05, 4.69) is 22.0 Å². The molecule has 13 heteroatoms. The molecule has 3 rings (SSSR count). The first-order valence-corrected chi connectivity index (χ1v) is 9.09. The number of carbonyl (C=O) groups excluding carboxylic acids is 2. The number of hydrogen-bond donors (Lipinski definition) is 4. The van der Waals surface area contributed by atoms with E-state index in [0.29, 0.717) is 11.3 Å². The number of thioether (sulfide) groups is 1. The number of amides is 2. The number of rotatable bonds is 5. The Labute approximate surface area is 185 Å². The van der Waals surface area contributed by atoms with Gasteiger partial charge >= 0.3 is 35.5 Å². The smallest absolute Gasteiger partial charge is 1.00 e. The van der Waals surface area contributed by atoms with Gasteiger partial charge in [0, 0.05) is 11.1 Å². The second-order valence-electron chi connectivity index (χ2n) is 5.26. The Bertz CT molecular complexity index is 889. The van der Waals surface area contributed by atoms with E-state index in [9.17, 15) is 19.5 Å². The molecule has 0 unspecified atom stereocenters. The number of anilines is 1. The number of aromatic nitrogens is 1. The monoisotopic (exact) mass is 419 g/mol. The molecule has 1 aromatic rings. The van der Waals surface area contributed by atoms with Gasteiger partial charge in [0.25, 0.3) is 11.8 Å². The summed E-state index contributed by atoms with van der Waals surface area (Å²) in [6, 6.07) is -0.944. The van der Waals surface area contributed by atoms with Crippen molar-refractivity contribution >= 4 is 51.7 Å². The van der Waals surface area contributed by atoms with Crippen molar-refractivity contribution in [2.75, 3.05) is 11.5 Å². The third-order valence-electron chi connectivity index (χ3n) is 3.81. The molecule has 0 saturated carbocycles. The Hall–Kier alpha value is -1.86. The van der Waals surface area contributed by atoms with E-state index in [-0.39, 0.29) is 53.2 Å². The van der Waals surface area contributed by atoms with Crippen LogP contribution >= 0.6 is 23.1 Å². The molecule has 0 aromatic carbocycles. The second kappa shape index (κ2) is 8.44. The Morgan fingerprint density at radius 1 is 1.56 bits per heavy atom. The first-order valence-electron chi connectivity index (χ1n) is 7.16. The zero-order valence-electron chi connectivity index (χ0n) is 15.1. The number of carbonyl (C=O) groups is 3. The quantitative estimate of drug-likeness (QED) is 0.129. The number of nitrogens with zero attached hydrogens (tertiary/aromatic N) is 3. The van der Waals surface area contributed by atoms with Gasteiger partial charge in [-0.3, -0.25) is 14.5 Å². The number of aliphatic carboxylic acids is 1. The van der Waals surface area contributed by atoms with Crippen molar-refractivity contribution in [2.24, 2.45) is 5.16 Å². The number of thiazole rings is 1. The van der Waals surface area contributed by atoms with Gasteiger partial charge in [0.05, 0.1) is 0 Å². The van der Waals surface area contributed by atoms with Crippen molar-refractivity contribution in [1.29, 1.82) is 0 Å². The summed E-state index contributed by atoms with van der Waals surface area (Å²) in [7, 11) is 0. The molecule has 10 nitrogen and oxygen atoms in total. The summed E-state index contributed by atoms with van der Waals surface area (Å²) in [5.41, 5.74) is 5.49. The molecule has 0 spiro atoms. The Balaban J connectivity index is 0.00000196. The Morgan fingerprint density at radius 2 is 2.26 bits per heavy atom. The maximum atomic E-state index is 12.4. The van der Waals surface area contributed by atoms with Crippen molar-refractivity contribution < 1.29 is 55.7 Å². The molecule has 3 heterocycles. The van der Waals surface area contributed by atoms with Crippen molar-refractivity contribution in [3.05, 3.63) is 35.0 Å². The standard InChI is InChI=1S/C14H13N5O5S2.Na.H/c1-2-5-3-25-12-8(11(21)19(12)9(5)13(22)23)17-10(20)7(18-24)6-4-26-14(15)16-6;;/h2,4,8,12,24H,1,3H2,(H2,15,16)(H,17,20)(H,22,23);;/q;+1;-1/t8-,12-;;/m1../s1. The SMILES string of the molecule is C=CC1=C(C(=O)O)N2C(=O)[C@@H](NC(=O)C(=NO)c3csc(N)n3)[C@H]2SC1.[H-].[Na+]. The van der Waals surface area contributed by atoms with Crippen LogP contribution in [0, 0.1) is 0 Å². The predicted octanol–water partition coefficient (Wildman–Crippen LogP) is -3.06. The number of carboxylic acid groups (broad SMARTS) is 1. The van der Waals surface area contributed by atoms with Crippen LogP contribution in [-0.4, -0.2) is 60.9 Å². The van der Waals surface area contributed by atoms with Gasteiger partial charge in [0.1, 0.15) is 22.8 Å². The van der Waals surface area contributed by atoms with Crippen molar-refractivity contribution in [1.82, 2.24) is 15.2 Å². The minimum absolute atomic E-state index is 0. The molecular formula is C14H14N5NaO5S2. The molecule has 2 amide bonds. The minimum Gasteiger partial charge on any atom is -1.00 e. The van der Waals surface area contributed by atoms with Crippen molar-refractivity contribution in [2.45, 2.75) is 11.4 Å². The van der Waals surface area contributed by atoms with E-state index in [0.717, 1.165) is 16.2 Å². The number of allylic oxidation sites excluding steroid dienone is 1. The molecule has 0 bridgehead atoms. The van der Waals surface area contributed by atoms with Crippen LogP contribution in [0.5, 0.6) is 0 Å². The van der Waals surface area contributed by atoms with Crippen LogP contribution in [0.15, 0.2) is 34.5 Å². The van der Waals surface area contributed by atoms with E-state index in [1.165, 1.54) is 23.2 Å². The van der Waals surface area contributed by atoms with Gasteiger partial charge in [-0.1, -0.05) is 17.8 Å². The van der Waals surface area contributed by atoms with E-state index in [1.807, 2.05) is 0 Å². The van der Waals surface area contributed by atoms with Crippen LogP contribution in [0.4, 0.5) is 5.13 Å².